The summed E-state index contributed by atoms with van der Waals surface area (Å²) in [5, 5.41) is 0. The van der Waals surface area contributed by atoms with Crippen LogP contribution in [0.5, 0.6) is 0 Å². The van der Waals surface area contributed by atoms with Crippen molar-refractivity contribution in [2.24, 2.45) is 0 Å². The molecule has 0 atom stereocenters. The highest BCUT2D eigenvalue weighted by atomic mass is 35.5. The SMILES string of the molecule is CN(c1cc(CCl)cc(C(C)(C)C)n1)C1CCCCCC1. The molecular formula is C18H29ClN2. The number of alkyl halides is 1. The lowest BCUT2D eigenvalue weighted by atomic mass is 9.91. The minimum absolute atomic E-state index is 0.0567. The molecule has 0 saturated heterocycles. The molecule has 0 unspecified atom stereocenters. The van der Waals surface area contributed by atoms with E-state index < -0.39 is 0 Å². The Morgan fingerprint density at radius 2 is 1.76 bits per heavy atom. The van der Waals surface area contributed by atoms with E-state index in [0.29, 0.717) is 11.9 Å². The van der Waals surface area contributed by atoms with Gasteiger partial charge >= 0.3 is 0 Å². The number of hydrogen-bond donors (Lipinski definition) is 0. The predicted octanol–water partition coefficient (Wildman–Crippen LogP) is 5.28. The molecule has 0 amide bonds. The highest BCUT2D eigenvalue weighted by Gasteiger charge is 2.22. The van der Waals surface area contributed by atoms with Crippen LogP contribution in [0, 0.1) is 0 Å². The number of nitrogens with zero attached hydrogens (tertiary/aromatic N) is 2. The van der Waals surface area contributed by atoms with Crippen LogP contribution in [0.1, 0.15) is 70.6 Å². The van der Waals surface area contributed by atoms with Crippen LogP contribution in [0.15, 0.2) is 12.1 Å². The van der Waals surface area contributed by atoms with Crippen molar-refractivity contribution in [1.82, 2.24) is 4.98 Å². The number of pyridine rings is 1. The molecule has 118 valence electrons. The summed E-state index contributed by atoms with van der Waals surface area (Å²) in [5.74, 6) is 1.64. The number of hydrogen-bond acceptors (Lipinski definition) is 2. The van der Waals surface area contributed by atoms with E-state index in [1.54, 1.807) is 0 Å². The molecule has 0 N–H and O–H groups in total. The van der Waals surface area contributed by atoms with Gasteiger partial charge in [0.05, 0.1) is 0 Å². The fourth-order valence-electron chi connectivity index (χ4n) is 3.05. The third-order valence-corrected chi connectivity index (χ3v) is 4.84. The zero-order chi connectivity index (χ0) is 15.5. The van der Waals surface area contributed by atoms with E-state index in [-0.39, 0.29) is 5.41 Å². The van der Waals surface area contributed by atoms with Gasteiger partial charge in [-0.15, -0.1) is 11.6 Å². The van der Waals surface area contributed by atoms with Crippen molar-refractivity contribution < 1.29 is 0 Å². The lowest BCUT2D eigenvalue weighted by Gasteiger charge is -2.30. The molecule has 1 saturated carbocycles. The summed E-state index contributed by atoms with van der Waals surface area (Å²) >= 11 is 6.09. The van der Waals surface area contributed by atoms with Gasteiger partial charge in [-0.2, -0.15) is 0 Å². The Hall–Kier alpha value is -0.760. The molecule has 1 aromatic heterocycles. The summed E-state index contributed by atoms with van der Waals surface area (Å²) in [7, 11) is 2.20. The Bertz CT molecular complexity index is 457. The van der Waals surface area contributed by atoms with Crippen molar-refractivity contribution in [3.8, 4) is 0 Å². The molecule has 1 heterocycles. The molecule has 1 aliphatic rings. The molecule has 1 aliphatic carbocycles. The minimum Gasteiger partial charge on any atom is -0.357 e. The maximum absolute atomic E-state index is 6.09. The van der Waals surface area contributed by atoms with E-state index in [9.17, 15) is 0 Å². The number of aromatic nitrogens is 1. The minimum atomic E-state index is 0.0567. The van der Waals surface area contributed by atoms with E-state index in [1.165, 1.54) is 44.1 Å². The summed E-state index contributed by atoms with van der Waals surface area (Å²) in [4.78, 5) is 7.31. The van der Waals surface area contributed by atoms with Gasteiger partial charge in [-0.25, -0.2) is 4.98 Å². The quantitative estimate of drug-likeness (QED) is 0.558. The van der Waals surface area contributed by atoms with E-state index in [0.717, 1.165) is 11.5 Å². The third kappa shape index (κ3) is 4.35. The Balaban J connectivity index is 2.28. The molecule has 1 aromatic rings. The molecule has 2 rings (SSSR count). The lowest BCUT2D eigenvalue weighted by molar-refractivity contribution is 0.539. The Labute approximate surface area is 134 Å². The molecule has 1 fully saturated rings. The van der Waals surface area contributed by atoms with Crippen LogP contribution in [0.2, 0.25) is 0 Å². The smallest absolute Gasteiger partial charge is 0.129 e. The normalized spacial score (nSPS) is 17.6. The van der Waals surface area contributed by atoms with E-state index in [1.807, 2.05) is 0 Å². The molecule has 3 heteroatoms. The van der Waals surface area contributed by atoms with Crippen molar-refractivity contribution >= 4 is 17.4 Å². The Morgan fingerprint density at radius 1 is 1.14 bits per heavy atom. The van der Waals surface area contributed by atoms with E-state index in [4.69, 9.17) is 16.6 Å². The first kappa shape index (κ1) is 16.6. The average molecular weight is 309 g/mol. The van der Waals surface area contributed by atoms with Crippen molar-refractivity contribution in [2.75, 3.05) is 11.9 Å². The first-order valence-electron chi connectivity index (χ1n) is 8.22. The molecule has 0 spiro atoms. The summed E-state index contributed by atoms with van der Waals surface area (Å²) in [6, 6.07) is 4.93. The zero-order valence-electron chi connectivity index (χ0n) is 14.0. The van der Waals surface area contributed by atoms with Crippen molar-refractivity contribution in [3.63, 3.8) is 0 Å². The van der Waals surface area contributed by atoms with Crippen LogP contribution < -0.4 is 4.90 Å². The van der Waals surface area contributed by atoms with Gasteiger partial charge in [0.15, 0.2) is 0 Å². The summed E-state index contributed by atoms with van der Waals surface area (Å²) in [5.41, 5.74) is 2.37. The van der Waals surface area contributed by atoms with E-state index in [2.05, 4.69) is 44.9 Å². The lowest BCUT2D eigenvalue weighted by Crippen LogP contribution is -2.32. The first-order valence-corrected chi connectivity index (χ1v) is 8.75. The maximum atomic E-state index is 6.09. The molecule has 0 bridgehead atoms. The number of rotatable bonds is 3. The second-order valence-corrected chi connectivity index (χ2v) is 7.63. The van der Waals surface area contributed by atoms with Crippen molar-refractivity contribution in [2.45, 2.75) is 76.6 Å². The highest BCUT2D eigenvalue weighted by molar-refractivity contribution is 6.17. The molecule has 21 heavy (non-hydrogen) atoms. The van der Waals surface area contributed by atoms with Gasteiger partial charge in [0.1, 0.15) is 5.82 Å². The second kappa shape index (κ2) is 7.00. The standard InChI is InChI=1S/C18H29ClN2/c1-18(2,3)16-11-14(13-19)12-17(20-16)21(4)15-9-7-5-6-8-10-15/h11-12,15H,5-10,13H2,1-4H3. The number of halogens is 1. The van der Waals surface area contributed by atoms with Gasteiger partial charge in [0, 0.05) is 30.1 Å². The first-order chi connectivity index (χ1) is 9.91. The largest absolute Gasteiger partial charge is 0.357 e. The number of anilines is 1. The summed E-state index contributed by atoms with van der Waals surface area (Å²) in [6.07, 6.45) is 8.02. The van der Waals surface area contributed by atoms with Crippen LogP contribution in [0.4, 0.5) is 5.82 Å². The fourth-order valence-corrected chi connectivity index (χ4v) is 3.20. The Kier molecular flexibility index (Phi) is 5.54. The van der Waals surface area contributed by atoms with E-state index >= 15 is 0 Å². The third-order valence-electron chi connectivity index (χ3n) is 4.53. The fraction of sp³-hybridized carbons (Fsp3) is 0.722. The second-order valence-electron chi connectivity index (χ2n) is 7.36. The summed E-state index contributed by atoms with van der Waals surface area (Å²) in [6.45, 7) is 6.63. The summed E-state index contributed by atoms with van der Waals surface area (Å²) < 4.78 is 0. The molecule has 0 aliphatic heterocycles. The average Bonchev–Trinajstić information content (AvgIpc) is 2.74. The van der Waals surface area contributed by atoms with Crippen LogP contribution in [-0.4, -0.2) is 18.1 Å². The van der Waals surface area contributed by atoms with Gasteiger partial charge < -0.3 is 4.90 Å². The van der Waals surface area contributed by atoms with Crippen LogP contribution in [-0.2, 0) is 11.3 Å². The van der Waals surface area contributed by atoms with Gasteiger partial charge in [-0.05, 0) is 30.5 Å². The maximum Gasteiger partial charge on any atom is 0.129 e. The highest BCUT2D eigenvalue weighted by Crippen LogP contribution is 2.28. The van der Waals surface area contributed by atoms with Gasteiger partial charge in [0.2, 0.25) is 0 Å². The molecular weight excluding hydrogens is 280 g/mol. The predicted molar refractivity (Wildman–Crippen MR) is 92.4 cm³/mol. The molecule has 0 radical (unpaired) electrons. The van der Waals surface area contributed by atoms with Crippen molar-refractivity contribution in [3.05, 3.63) is 23.4 Å². The topological polar surface area (TPSA) is 16.1 Å². The van der Waals surface area contributed by atoms with Crippen LogP contribution >= 0.6 is 11.6 Å². The monoisotopic (exact) mass is 308 g/mol. The molecule has 2 nitrogen and oxygen atoms in total. The molecule has 0 aromatic carbocycles. The van der Waals surface area contributed by atoms with Gasteiger partial charge in [-0.3, -0.25) is 0 Å². The van der Waals surface area contributed by atoms with Gasteiger partial charge in [0.25, 0.3) is 0 Å². The van der Waals surface area contributed by atoms with Crippen LogP contribution in [0.3, 0.4) is 0 Å². The van der Waals surface area contributed by atoms with Crippen LogP contribution in [0.25, 0.3) is 0 Å². The Morgan fingerprint density at radius 3 is 2.29 bits per heavy atom. The zero-order valence-corrected chi connectivity index (χ0v) is 14.7. The van der Waals surface area contributed by atoms with Gasteiger partial charge in [-0.1, -0.05) is 46.5 Å². The van der Waals surface area contributed by atoms with Crippen molar-refractivity contribution in [1.29, 1.82) is 0 Å².